The van der Waals surface area contributed by atoms with Crippen molar-refractivity contribution in [2.45, 2.75) is 12.1 Å². The number of aromatic nitrogens is 3. The van der Waals surface area contributed by atoms with Gasteiger partial charge in [-0.2, -0.15) is 5.10 Å². The lowest BCUT2D eigenvalue weighted by molar-refractivity contribution is -0.118. The molecule has 0 unspecified atom stereocenters. The molecule has 0 saturated heterocycles. The van der Waals surface area contributed by atoms with Crippen LogP contribution >= 0.6 is 11.8 Å². The highest BCUT2D eigenvalue weighted by Crippen LogP contribution is 2.28. The Balaban J connectivity index is 1.48. The van der Waals surface area contributed by atoms with E-state index in [0.29, 0.717) is 5.16 Å². The lowest BCUT2D eigenvalue weighted by Gasteiger charge is -2.10. The van der Waals surface area contributed by atoms with Crippen LogP contribution in [0.2, 0.25) is 0 Å². The molecule has 1 N–H and O–H groups in total. The zero-order valence-electron chi connectivity index (χ0n) is 18.3. The van der Waals surface area contributed by atoms with Crippen molar-refractivity contribution in [2.75, 3.05) is 12.9 Å². The standard InChI is InChI=1S/C25H23N5O2S/c1-18-11-13-20(14-12-18)24-28-29-25(30(24)21-8-4-3-5-9-21)33-17-23(31)27-26-16-19-7-6-10-22(15-19)32-2/h3-16H,17H2,1-2H3,(H,27,31). The van der Waals surface area contributed by atoms with E-state index in [-0.39, 0.29) is 11.7 Å². The maximum atomic E-state index is 12.4. The highest BCUT2D eigenvalue weighted by atomic mass is 32.2. The second-order valence-corrected chi connectivity index (χ2v) is 8.14. The molecule has 3 aromatic carbocycles. The van der Waals surface area contributed by atoms with E-state index >= 15 is 0 Å². The average molecular weight is 458 g/mol. The first-order valence-electron chi connectivity index (χ1n) is 10.3. The Hall–Kier alpha value is -3.91. The van der Waals surface area contributed by atoms with Crippen LogP contribution in [-0.4, -0.2) is 39.7 Å². The second kappa shape index (κ2) is 10.6. The summed E-state index contributed by atoms with van der Waals surface area (Å²) in [5.41, 5.74) is 6.44. The summed E-state index contributed by atoms with van der Waals surface area (Å²) in [6, 6.07) is 25.4. The Kier molecular flexibility index (Phi) is 7.16. The summed E-state index contributed by atoms with van der Waals surface area (Å²) in [5.74, 6) is 1.36. The van der Waals surface area contributed by atoms with Crippen molar-refractivity contribution in [1.29, 1.82) is 0 Å². The first-order valence-corrected chi connectivity index (χ1v) is 11.3. The number of hydrogen-bond donors (Lipinski definition) is 1. The molecule has 0 aliphatic carbocycles. The van der Waals surface area contributed by atoms with Gasteiger partial charge in [0.1, 0.15) is 5.75 Å². The summed E-state index contributed by atoms with van der Waals surface area (Å²) >= 11 is 1.30. The van der Waals surface area contributed by atoms with E-state index in [1.54, 1.807) is 13.3 Å². The van der Waals surface area contributed by atoms with Crippen LogP contribution in [0.4, 0.5) is 0 Å². The quantitative estimate of drug-likeness (QED) is 0.239. The van der Waals surface area contributed by atoms with E-state index in [2.05, 4.69) is 20.7 Å². The topological polar surface area (TPSA) is 81.4 Å². The normalized spacial score (nSPS) is 11.0. The number of thioether (sulfide) groups is 1. The van der Waals surface area contributed by atoms with Gasteiger partial charge in [-0.1, -0.05) is 71.9 Å². The maximum Gasteiger partial charge on any atom is 0.250 e. The van der Waals surface area contributed by atoms with Crippen molar-refractivity contribution < 1.29 is 9.53 Å². The number of rotatable bonds is 8. The predicted molar refractivity (Wildman–Crippen MR) is 131 cm³/mol. The molecule has 33 heavy (non-hydrogen) atoms. The number of aryl methyl sites for hydroxylation is 1. The fraction of sp³-hybridized carbons (Fsp3) is 0.120. The van der Waals surface area contributed by atoms with Crippen molar-refractivity contribution in [3.63, 3.8) is 0 Å². The Morgan fingerprint density at radius 3 is 2.61 bits per heavy atom. The van der Waals surface area contributed by atoms with E-state index in [4.69, 9.17) is 4.74 Å². The van der Waals surface area contributed by atoms with E-state index in [1.807, 2.05) is 90.4 Å². The monoisotopic (exact) mass is 457 g/mol. The lowest BCUT2D eigenvalue weighted by atomic mass is 10.1. The number of carbonyl (C=O) groups is 1. The Morgan fingerprint density at radius 2 is 1.85 bits per heavy atom. The highest BCUT2D eigenvalue weighted by Gasteiger charge is 2.17. The van der Waals surface area contributed by atoms with E-state index in [0.717, 1.165) is 28.4 Å². The minimum Gasteiger partial charge on any atom is -0.497 e. The van der Waals surface area contributed by atoms with Gasteiger partial charge in [-0.15, -0.1) is 10.2 Å². The van der Waals surface area contributed by atoms with E-state index in [1.165, 1.54) is 17.3 Å². The van der Waals surface area contributed by atoms with Crippen molar-refractivity contribution >= 4 is 23.9 Å². The molecular formula is C25H23N5O2S. The first kappa shape index (κ1) is 22.3. The molecule has 1 aromatic heterocycles. The zero-order valence-corrected chi connectivity index (χ0v) is 19.1. The number of hydrazone groups is 1. The van der Waals surface area contributed by atoms with Gasteiger partial charge in [0.2, 0.25) is 0 Å². The van der Waals surface area contributed by atoms with Gasteiger partial charge < -0.3 is 4.74 Å². The zero-order chi connectivity index (χ0) is 23.0. The molecule has 1 amide bonds. The second-order valence-electron chi connectivity index (χ2n) is 7.20. The molecule has 1 heterocycles. The molecule has 7 nitrogen and oxygen atoms in total. The minimum absolute atomic E-state index is 0.147. The smallest absolute Gasteiger partial charge is 0.250 e. The number of nitrogens with one attached hydrogen (secondary N) is 1. The Labute approximate surface area is 196 Å². The van der Waals surface area contributed by atoms with Crippen molar-refractivity contribution in [3.05, 3.63) is 90.0 Å². The van der Waals surface area contributed by atoms with Crippen LogP contribution in [0.15, 0.2) is 89.1 Å². The van der Waals surface area contributed by atoms with Crippen molar-refractivity contribution in [1.82, 2.24) is 20.2 Å². The third-order valence-electron chi connectivity index (χ3n) is 4.79. The van der Waals surface area contributed by atoms with Crippen molar-refractivity contribution in [3.8, 4) is 22.8 Å². The fourth-order valence-electron chi connectivity index (χ4n) is 3.13. The van der Waals surface area contributed by atoms with Gasteiger partial charge in [0.25, 0.3) is 5.91 Å². The molecule has 8 heteroatoms. The molecule has 0 aliphatic heterocycles. The number of methoxy groups -OCH3 is 1. The predicted octanol–water partition coefficient (Wildman–Crippen LogP) is 4.49. The minimum atomic E-state index is -0.237. The summed E-state index contributed by atoms with van der Waals surface area (Å²) in [5, 5.41) is 13.4. The fourth-order valence-corrected chi connectivity index (χ4v) is 3.87. The number of amides is 1. The van der Waals surface area contributed by atoms with Gasteiger partial charge in [-0.05, 0) is 36.8 Å². The molecule has 0 aliphatic rings. The van der Waals surface area contributed by atoms with Gasteiger partial charge in [0.05, 0.1) is 19.1 Å². The van der Waals surface area contributed by atoms with Crippen LogP contribution in [0.25, 0.3) is 17.1 Å². The molecule has 4 aromatic rings. The van der Waals surface area contributed by atoms with E-state index in [9.17, 15) is 4.79 Å². The number of nitrogens with zero attached hydrogens (tertiary/aromatic N) is 4. The number of benzene rings is 3. The molecule has 0 radical (unpaired) electrons. The average Bonchev–Trinajstić information content (AvgIpc) is 3.28. The number of para-hydroxylation sites is 1. The van der Waals surface area contributed by atoms with Crippen molar-refractivity contribution in [2.24, 2.45) is 5.10 Å². The Morgan fingerprint density at radius 1 is 1.06 bits per heavy atom. The van der Waals surface area contributed by atoms with Gasteiger partial charge in [0.15, 0.2) is 11.0 Å². The number of ether oxygens (including phenoxy) is 1. The molecule has 0 fully saturated rings. The number of carbonyl (C=O) groups excluding carboxylic acids is 1. The molecule has 4 rings (SSSR count). The van der Waals surface area contributed by atoms with Crippen LogP contribution < -0.4 is 10.2 Å². The molecule has 0 saturated carbocycles. The highest BCUT2D eigenvalue weighted by molar-refractivity contribution is 7.99. The molecular weight excluding hydrogens is 434 g/mol. The summed E-state index contributed by atoms with van der Waals surface area (Å²) in [6.45, 7) is 2.04. The van der Waals surface area contributed by atoms with Crippen LogP contribution in [0.5, 0.6) is 5.75 Å². The van der Waals surface area contributed by atoms with Gasteiger partial charge in [0, 0.05) is 11.3 Å². The SMILES string of the molecule is COc1cccc(C=NNC(=O)CSc2nnc(-c3ccc(C)cc3)n2-c2ccccc2)c1. The van der Waals surface area contributed by atoms with Crippen LogP contribution in [-0.2, 0) is 4.79 Å². The summed E-state index contributed by atoms with van der Waals surface area (Å²) in [7, 11) is 1.60. The third kappa shape index (κ3) is 5.67. The van der Waals surface area contributed by atoms with Gasteiger partial charge in [-0.3, -0.25) is 9.36 Å². The summed E-state index contributed by atoms with van der Waals surface area (Å²) in [4.78, 5) is 12.4. The maximum absolute atomic E-state index is 12.4. The van der Waals surface area contributed by atoms with E-state index < -0.39 is 0 Å². The van der Waals surface area contributed by atoms with Crippen LogP contribution in [0.3, 0.4) is 0 Å². The first-order chi connectivity index (χ1) is 16.1. The molecule has 0 atom stereocenters. The van der Waals surface area contributed by atoms with Gasteiger partial charge in [-0.25, -0.2) is 5.43 Å². The molecule has 166 valence electrons. The summed E-state index contributed by atoms with van der Waals surface area (Å²) in [6.07, 6.45) is 1.58. The Bertz CT molecular complexity index is 1250. The largest absolute Gasteiger partial charge is 0.497 e. The van der Waals surface area contributed by atoms with Gasteiger partial charge >= 0.3 is 0 Å². The molecule has 0 bridgehead atoms. The third-order valence-corrected chi connectivity index (χ3v) is 5.72. The van der Waals surface area contributed by atoms with Crippen LogP contribution in [0.1, 0.15) is 11.1 Å². The van der Waals surface area contributed by atoms with Crippen LogP contribution in [0, 0.1) is 6.92 Å². The number of hydrogen-bond acceptors (Lipinski definition) is 6. The molecule has 0 spiro atoms. The lowest BCUT2D eigenvalue weighted by Crippen LogP contribution is -2.20. The summed E-state index contributed by atoms with van der Waals surface area (Å²) < 4.78 is 7.15.